The lowest BCUT2D eigenvalue weighted by atomic mass is 10.0. The molecule has 0 aliphatic rings. The summed E-state index contributed by atoms with van der Waals surface area (Å²) in [5, 5.41) is 15.2. The molecule has 8 nitrogen and oxygen atoms in total. The van der Waals surface area contributed by atoms with Crippen LogP contribution in [0, 0.1) is 5.92 Å². The van der Waals surface area contributed by atoms with E-state index in [4.69, 9.17) is 4.74 Å². The Bertz CT molecular complexity index is 550. The first-order valence-corrected chi connectivity index (χ1v) is 13.1. The zero-order chi connectivity index (χ0) is 23.9. The number of carbonyl (C=O) groups excluding carboxylic acids is 3. The van der Waals surface area contributed by atoms with Crippen LogP contribution in [0.25, 0.3) is 0 Å². The van der Waals surface area contributed by atoms with Crippen molar-refractivity contribution in [2.75, 3.05) is 22.7 Å². The van der Waals surface area contributed by atoms with Crippen LogP contribution in [0.3, 0.4) is 0 Å². The van der Waals surface area contributed by atoms with E-state index in [9.17, 15) is 24.3 Å². The molecule has 0 saturated carbocycles. The lowest BCUT2D eigenvalue weighted by Gasteiger charge is -2.25. The monoisotopic (exact) mass is 576 g/mol. The van der Waals surface area contributed by atoms with Crippen molar-refractivity contribution >= 4 is 67.4 Å². The van der Waals surface area contributed by atoms with Crippen molar-refractivity contribution < 1.29 is 29.0 Å². The van der Waals surface area contributed by atoms with Crippen molar-refractivity contribution in [3.05, 3.63) is 0 Å². The number of ether oxygens (including phenoxy) is 1. The largest absolute Gasteiger partial charge is 0.480 e. The number of carboxylic acids is 1. The quantitative estimate of drug-likeness (QED) is 0.321. The van der Waals surface area contributed by atoms with Crippen LogP contribution in [0.2, 0.25) is 0 Å². The number of hydrogen-bond donors (Lipinski definition) is 3. The molecule has 0 aromatic rings. The van der Waals surface area contributed by atoms with Gasteiger partial charge in [0.2, 0.25) is 5.91 Å². The number of aliphatic carboxylic acids is 1. The average molecular weight is 578 g/mol. The summed E-state index contributed by atoms with van der Waals surface area (Å²) in [6.07, 6.45) is 1.88. The van der Waals surface area contributed by atoms with E-state index in [1.807, 2.05) is 20.1 Å². The smallest absolute Gasteiger partial charge is 0.408 e. The first-order valence-electron chi connectivity index (χ1n) is 9.42. The number of halogens is 2. The molecule has 0 aromatic heterocycles. The standard InChI is InChI=1S/C16H30N2O5S.C3H4Br2O/c1-10(2)9-12(18-15(22)23-16(3,4)5)13(19)17-11(14(20)21)7-8-24-6;4-1-3(6)2-5/h10-12H,7-9H2,1-6H3,(H,17,19)(H,18,22)(H,20,21);1-2H2/t11-,12-;/m0./s1. The number of alkyl carbamates (subject to hydrolysis) is 1. The Morgan fingerprint density at radius 1 is 1.03 bits per heavy atom. The Hall–Kier alpha value is -0.810. The van der Waals surface area contributed by atoms with Gasteiger partial charge in [0.1, 0.15) is 17.7 Å². The third-order valence-electron chi connectivity index (χ3n) is 3.24. The fourth-order valence-corrected chi connectivity index (χ4v) is 3.35. The lowest BCUT2D eigenvalue weighted by Crippen LogP contribution is -2.52. The summed E-state index contributed by atoms with van der Waals surface area (Å²) in [6, 6.07) is -1.81. The zero-order valence-corrected chi connectivity index (χ0v) is 22.4. The van der Waals surface area contributed by atoms with Gasteiger partial charge in [0, 0.05) is 0 Å². The SMILES string of the molecule is CSCC[C@H](NC(=O)[C@H](CC(C)C)NC(=O)OC(C)(C)C)C(=O)O.O=C(CBr)CBr. The molecule has 3 N–H and O–H groups in total. The van der Waals surface area contributed by atoms with E-state index < -0.39 is 35.7 Å². The van der Waals surface area contributed by atoms with Crippen LogP contribution in [-0.4, -0.2) is 69.2 Å². The number of carboxylic acid groups (broad SMARTS) is 1. The van der Waals surface area contributed by atoms with E-state index in [2.05, 4.69) is 42.5 Å². The van der Waals surface area contributed by atoms with E-state index >= 15 is 0 Å². The minimum atomic E-state index is -1.09. The van der Waals surface area contributed by atoms with Crippen LogP contribution in [0.1, 0.15) is 47.5 Å². The number of Topliss-reactive ketones (excluding diaryl/α,β-unsaturated/α-hetero) is 1. The zero-order valence-electron chi connectivity index (χ0n) is 18.4. The molecule has 0 saturated heterocycles. The van der Waals surface area contributed by atoms with Crippen LogP contribution in [0.4, 0.5) is 4.79 Å². The number of thioether (sulfide) groups is 1. The van der Waals surface area contributed by atoms with Gasteiger partial charge in [-0.2, -0.15) is 11.8 Å². The molecule has 0 aromatic carbocycles. The molecule has 2 atom stereocenters. The van der Waals surface area contributed by atoms with Gasteiger partial charge in [-0.15, -0.1) is 0 Å². The van der Waals surface area contributed by atoms with Gasteiger partial charge in [0.05, 0.1) is 10.7 Å². The van der Waals surface area contributed by atoms with Gasteiger partial charge in [-0.3, -0.25) is 9.59 Å². The van der Waals surface area contributed by atoms with Gasteiger partial charge in [0.25, 0.3) is 0 Å². The second-order valence-electron chi connectivity index (χ2n) is 7.82. The topological polar surface area (TPSA) is 122 Å². The Balaban J connectivity index is 0. The Morgan fingerprint density at radius 2 is 1.57 bits per heavy atom. The Kier molecular flexibility index (Phi) is 17.6. The van der Waals surface area contributed by atoms with Gasteiger partial charge >= 0.3 is 12.1 Å². The summed E-state index contributed by atoms with van der Waals surface area (Å²) < 4.78 is 5.17. The van der Waals surface area contributed by atoms with Crippen molar-refractivity contribution in [3.63, 3.8) is 0 Å². The third-order valence-corrected chi connectivity index (χ3v) is 5.13. The van der Waals surface area contributed by atoms with Crippen molar-refractivity contribution in [1.82, 2.24) is 10.6 Å². The van der Waals surface area contributed by atoms with Crippen LogP contribution < -0.4 is 10.6 Å². The highest BCUT2D eigenvalue weighted by Gasteiger charge is 2.28. The molecule has 0 aliphatic heterocycles. The van der Waals surface area contributed by atoms with E-state index in [0.717, 1.165) is 0 Å². The molecule has 11 heteroatoms. The van der Waals surface area contributed by atoms with Crippen molar-refractivity contribution in [3.8, 4) is 0 Å². The molecule has 176 valence electrons. The van der Waals surface area contributed by atoms with E-state index in [1.54, 1.807) is 20.8 Å². The highest BCUT2D eigenvalue weighted by molar-refractivity contribution is 9.10. The molecule has 0 bridgehead atoms. The summed E-state index contributed by atoms with van der Waals surface area (Å²) in [5.41, 5.74) is -0.676. The lowest BCUT2D eigenvalue weighted by molar-refractivity contribution is -0.142. The Labute approximate surface area is 200 Å². The third kappa shape index (κ3) is 18.0. The van der Waals surface area contributed by atoms with E-state index in [0.29, 0.717) is 29.3 Å². The minimum absolute atomic E-state index is 0.144. The van der Waals surface area contributed by atoms with Crippen molar-refractivity contribution in [2.24, 2.45) is 5.92 Å². The molecule has 0 radical (unpaired) electrons. The fraction of sp³-hybridized carbons (Fsp3) is 0.789. The molecule has 0 rings (SSSR count). The number of hydrogen-bond acceptors (Lipinski definition) is 6. The second kappa shape index (κ2) is 16.8. The molecule has 0 aliphatic carbocycles. The molecule has 0 fully saturated rings. The number of ketones is 1. The van der Waals surface area contributed by atoms with Crippen LogP contribution in [0.15, 0.2) is 0 Å². The molecule has 0 spiro atoms. The summed E-state index contributed by atoms with van der Waals surface area (Å²) in [4.78, 5) is 45.7. The van der Waals surface area contributed by atoms with Crippen LogP contribution in [0.5, 0.6) is 0 Å². The molecular weight excluding hydrogens is 544 g/mol. The van der Waals surface area contributed by atoms with Crippen LogP contribution >= 0.6 is 43.6 Å². The average Bonchev–Trinajstić information content (AvgIpc) is 2.61. The normalized spacial score (nSPS) is 12.8. The predicted molar refractivity (Wildman–Crippen MR) is 128 cm³/mol. The van der Waals surface area contributed by atoms with E-state index in [-0.39, 0.29) is 11.7 Å². The number of carbonyl (C=O) groups is 4. The van der Waals surface area contributed by atoms with Crippen molar-refractivity contribution in [2.45, 2.75) is 65.1 Å². The molecular formula is C19H34Br2N2O6S. The van der Waals surface area contributed by atoms with Crippen molar-refractivity contribution in [1.29, 1.82) is 0 Å². The molecule has 30 heavy (non-hydrogen) atoms. The maximum atomic E-state index is 12.4. The number of nitrogens with one attached hydrogen (secondary N) is 2. The summed E-state index contributed by atoms with van der Waals surface area (Å²) in [6.45, 7) is 9.02. The first kappa shape index (κ1) is 31.4. The second-order valence-corrected chi connectivity index (χ2v) is 9.92. The maximum absolute atomic E-state index is 12.4. The number of amides is 2. The van der Waals surface area contributed by atoms with E-state index in [1.165, 1.54) is 11.8 Å². The maximum Gasteiger partial charge on any atom is 0.408 e. The Morgan fingerprint density at radius 3 is 1.90 bits per heavy atom. The highest BCUT2D eigenvalue weighted by Crippen LogP contribution is 2.10. The first-order chi connectivity index (χ1) is 13.8. The summed E-state index contributed by atoms with van der Waals surface area (Å²) >= 11 is 7.50. The summed E-state index contributed by atoms with van der Waals surface area (Å²) in [5.74, 6) is -0.660. The molecule has 0 unspecified atom stereocenters. The van der Waals surface area contributed by atoms with Gasteiger partial charge in [-0.05, 0) is 51.5 Å². The minimum Gasteiger partial charge on any atom is -0.480 e. The predicted octanol–water partition coefficient (Wildman–Crippen LogP) is 3.59. The van der Waals surface area contributed by atoms with Crippen LogP contribution in [-0.2, 0) is 19.1 Å². The van der Waals surface area contributed by atoms with Gasteiger partial charge in [-0.25, -0.2) is 9.59 Å². The number of alkyl halides is 2. The van der Waals surface area contributed by atoms with Gasteiger partial charge in [0.15, 0.2) is 5.78 Å². The molecule has 2 amide bonds. The molecule has 0 heterocycles. The summed E-state index contributed by atoms with van der Waals surface area (Å²) in [7, 11) is 0. The van der Waals surface area contributed by atoms with Gasteiger partial charge < -0.3 is 20.5 Å². The number of rotatable bonds is 11. The highest BCUT2D eigenvalue weighted by atomic mass is 79.9. The fourth-order valence-electron chi connectivity index (χ4n) is 1.95. The van der Waals surface area contributed by atoms with Gasteiger partial charge in [-0.1, -0.05) is 45.7 Å².